The third-order valence-corrected chi connectivity index (χ3v) is 13.5. The van der Waals surface area contributed by atoms with E-state index in [1.165, 1.54) is 19.3 Å². The van der Waals surface area contributed by atoms with Crippen molar-refractivity contribution in [3.63, 3.8) is 0 Å². The number of carbonyl (C=O) groups is 7. The van der Waals surface area contributed by atoms with Crippen molar-refractivity contribution in [1.29, 1.82) is 0 Å². The number of unbranched alkanes of at least 4 members (excludes halogenated alkanes) is 8. The number of alkyl halides is 18. The first-order chi connectivity index (χ1) is 46.9. The van der Waals surface area contributed by atoms with Crippen LogP contribution in [0.15, 0.2) is 24.3 Å². The minimum absolute atomic E-state index is 0.0791. The van der Waals surface area contributed by atoms with Gasteiger partial charge in [-0.3, -0.25) is 4.79 Å². The van der Waals surface area contributed by atoms with E-state index in [0.717, 1.165) is 44.9 Å². The number of aliphatic hydroxyl groups is 6. The van der Waals surface area contributed by atoms with Crippen LogP contribution in [0.4, 0.5) is 79.0 Å². The molecule has 0 aromatic carbocycles. The van der Waals surface area contributed by atoms with Crippen LogP contribution in [-0.4, -0.2) is 276 Å². The van der Waals surface area contributed by atoms with Crippen LogP contribution >= 0.6 is 0 Å². The molecule has 3 heterocycles. The number of hydrogen-bond donors (Lipinski definition) is 19. The molecule has 4 aliphatic rings. The van der Waals surface area contributed by atoms with E-state index < -0.39 is 189 Å². The number of rotatable bonds is 24. The minimum Gasteiger partial charge on any atom is -0.475 e. The molecule has 606 valence electrons. The number of nitrogens with one attached hydrogen (secondary N) is 1. The van der Waals surface area contributed by atoms with E-state index in [-0.39, 0.29) is 38.4 Å². The van der Waals surface area contributed by atoms with Crippen molar-refractivity contribution in [2.45, 2.75) is 244 Å². The molecule has 25 N–H and O–H groups in total. The highest BCUT2D eigenvalue weighted by Crippen LogP contribution is 2.35. The summed E-state index contributed by atoms with van der Waals surface area (Å²) in [5.74, 6) is -16.8. The van der Waals surface area contributed by atoms with Gasteiger partial charge in [-0.05, 0) is 44.9 Å². The molecule has 1 saturated carbocycles. The molecule has 0 bridgehead atoms. The van der Waals surface area contributed by atoms with Crippen molar-refractivity contribution in [3.05, 3.63) is 24.3 Å². The van der Waals surface area contributed by atoms with Crippen LogP contribution < -0.4 is 39.7 Å². The first-order valence-corrected chi connectivity index (χ1v) is 29.7. The highest BCUT2D eigenvalue weighted by atomic mass is 19.4. The molecule has 0 aromatic rings. The molecular weight excluding hydrogens is 1480 g/mol. The van der Waals surface area contributed by atoms with Crippen molar-refractivity contribution in [3.8, 4) is 0 Å². The summed E-state index contributed by atoms with van der Waals surface area (Å²) in [6, 6.07) is -4.27. The number of carbonyl (C=O) groups excluding carboxylic acids is 1. The number of hydrogen-bond acceptors (Lipinski definition) is 25. The minimum atomic E-state index is -5.08. The van der Waals surface area contributed by atoms with Gasteiger partial charge in [0.15, 0.2) is 18.9 Å². The Morgan fingerprint density at radius 1 is 0.408 bits per heavy atom. The second-order valence-corrected chi connectivity index (χ2v) is 21.7. The summed E-state index contributed by atoms with van der Waals surface area (Å²) in [5.41, 5.74) is 36.5. The van der Waals surface area contributed by atoms with Crippen LogP contribution in [0, 0.1) is 0 Å². The summed E-state index contributed by atoms with van der Waals surface area (Å²) in [6.07, 6.45) is -29.7. The maximum absolute atomic E-state index is 13.0. The summed E-state index contributed by atoms with van der Waals surface area (Å²) in [6.45, 7) is 1.72. The second-order valence-electron chi connectivity index (χ2n) is 21.7. The molecular formula is C53H83F18N7O25. The van der Waals surface area contributed by atoms with E-state index in [4.69, 9.17) is 122 Å². The van der Waals surface area contributed by atoms with Crippen LogP contribution in [0.3, 0.4) is 0 Å². The average Bonchev–Trinajstić information content (AvgIpc) is 1.69. The maximum Gasteiger partial charge on any atom is 0.490 e. The first kappa shape index (κ1) is 101. The summed E-state index contributed by atoms with van der Waals surface area (Å²) in [4.78, 5) is 66.4. The molecule has 0 unspecified atom stereocenters. The number of halogens is 18. The Morgan fingerprint density at radius 2 is 0.718 bits per heavy atom. The van der Waals surface area contributed by atoms with Crippen molar-refractivity contribution < 1.29 is 202 Å². The number of carboxylic acid groups (broad SMARTS) is 6. The Morgan fingerprint density at radius 3 is 1.06 bits per heavy atom. The lowest BCUT2D eigenvalue weighted by Crippen LogP contribution is -2.68. The molecule has 0 radical (unpaired) electrons. The van der Waals surface area contributed by atoms with Crippen LogP contribution in [-0.2, 0) is 62.0 Å². The van der Waals surface area contributed by atoms with Crippen LogP contribution in [0.5, 0.6) is 0 Å². The molecule has 3 aliphatic heterocycles. The van der Waals surface area contributed by atoms with Crippen molar-refractivity contribution in [2.75, 3.05) is 19.6 Å². The number of aliphatic carboxylic acids is 6. The van der Waals surface area contributed by atoms with E-state index in [2.05, 4.69) is 36.5 Å². The highest BCUT2D eigenvalue weighted by Gasteiger charge is 2.55. The predicted octanol–water partition coefficient (Wildman–Crippen LogP) is 0.842. The van der Waals surface area contributed by atoms with Crippen LogP contribution in [0.25, 0.3) is 0 Å². The molecule has 19 atom stereocenters. The molecule has 1 amide bonds. The van der Waals surface area contributed by atoms with Gasteiger partial charge in [-0.2, -0.15) is 79.0 Å². The monoisotopic (exact) mass is 1560 g/mol. The van der Waals surface area contributed by atoms with Crippen molar-refractivity contribution in [1.82, 2.24) is 5.32 Å². The Balaban J connectivity index is -0.00000190. The van der Waals surface area contributed by atoms with Crippen molar-refractivity contribution in [2.24, 2.45) is 34.4 Å². The first-order valence-electron chi connectivity index (χ1n) is 29.7. The van der Waals surface area contributed by atoms with E-state index in [1.54, 1.807) is 0 Å². The lowest BCUT2D eigenvalue weighted by Gasteiger charge is -2.47. The zero-order valence-electron chi connectivity index (χ0n) is 53.5. The number of nitrogens with two attached hydrogens (primary N) is 6. The van der Waals surface area contributed by atoms with Crippen LogP contribution in [0.1, 0.15) is 90.4 Å². The Kier molecular flexibility index (Phi) is 46.4. The summed E-state index contributed by atoms with van der Waals surface area (Å²) >= 11 is 0. The number of ether oxygens (including phenoxy) is 6. The molecule has 50 heteroatoms. The zero-order chi connectivity index (χ0) is 81.1. The fourth-order valence-electron chi connectivity index (χ4n) is 8.16. The lowest BCUT2D eigenvalue weighted by atomic mass is 9.84. The van der Waals surface area contributed by atoms with Crippen LogP contribution in [0.2, 0.25) is 0 Å². The zero-order valence-corrected chi connectivity index (χ0v) is 53.5. The van der Waals surface area contributed by atoms with E-state index >= 15 is 0 Å². The summed E-state index contributed by atoms with van der Waals surface area (Å²) in [7, 11) is 0. The summed E-state index contributed by atoms with van der Waals surface area (Å²) < 4.78 is 227. The van der Waals surface area contributed by atoms with Crippen molar-refractivity contribution >= 4 is 41.7 Å². The highest BCUT2D eigenvalue weighted by molar-refractivity contribution is 5.76. The largest absolute Gasteiger partial charge is 0.490 e. The van der Waals surface area contributed by atoms with Gasteiger partial charge in [0.2, 0.25) is 5.91 Å². The Bertz CT molecular complexity index is 2370. The van der Waals surface area contributed by atoms with E-state index in [9.17, 15) is 114 Å². The van der Waals surface area contributed by atoms with Gasteiger partial charge in [-0.25, -0.2) is 28.8 Å². The molecule has 1 aliphatic carbocycles. The lowest BCUT2D eigenvalue weighted by molar-refractivity contribution is -0.306. The third kappa shape index (κ3) is 40.8. The number of carboxylic acids is 6. The molecule has 0 spiro atoms. The number of aliphatic hydroxyl groups excluding tert-OH is 6. The molecule has 4 rings (SSSR count). The fraction of sp³-hybridized carbons (Fsp3) is 0.792. The van der Waals surface area contributed by atoms with Gasteiger partial charge >= 0.3 is 72.9 Å². The maximum atomic E-state index is 13.0. The van der Waals surface area contributed by atoms with E-state index in [1.807, 2.05) is 0 Å². The van der Waals surface area contributed by atoms with E-state index in [0.29, 0.717) is 6.42 Å². The standard InChI is InChI=1S/C41H77N7O13.6C2HF3O2/c1-2-3-4-5-6-7-8-9-10-11-12-13-14-15-16-17-27(49)48-21-26-37(60-40-29(47)34(54)32(52)25(20-43)57-40)35(55)41(58-26)61-38-30(50)22(44)18-23(45)36(38)59-39-28(46)33(53)31(51)24(19-42)56-39;6*3-2(4,5)1(6)7/h6-7,9-10,22-26,28-41,50-55H,2-5,8,11-21,42-47H2,1H3,(H,48,49);6*(H,6,7)/b7-6-,10-9-;;;;;;/t22-,23+,24-,25+,26-,28-,29-,30+,31-,32-,33-,34-,35-,36-,37-,38-,39-,40-,41+;;;;;;/m1....../s1. The topological polar surface area (TPSA) is 586 Å². The Hall–Kier alpha value is -6.21. The SMILES string of the molecule is CCCCC/C=C\C/C=C\CCCCCCCC(=O)NC[C@H]1O[C@@H](O[C@@H]2[C@@H](O)[C@H](N)C[C@H](N)[C@H]2O[C@H]2O[C@H](CN)[C@@H](O)[C@H](O)[C@H]2N)[C@H](O)[C@@H]1O[C@H]1O[C@@H](CN)[C@@H](O)[C@H](O)[C@H]1N.O=C(O)C(F)(F)F.O=C(O)C(F)(F)F.O=C(O)C(F)(F)F.O=C(O)C(F)(F)F.O=C(O)C(F)(F)F.O=C(O)C(F)(F)F. The smallest absolute Gasteiger partial charge is 0.475 e. The van der Waals surface area contributed by atoms with Gasteiger partial charge in [-0.15, -0.1) is 0 Å². The Labute approximate surface area is 570 Å². The molecule has 4 fully saturated rings. The molecule has 3 saturated heterocycles. The van der Waals surface area contributed by atoms with Gasteiger partial charge < -0.3 is 129 Å². The molecule has 103 heavy (non-hydrogen) atoms. The van der Waals surface area contributed by atoms with Gasteiger partial charge in [-0.1, -0.05) is 63.3 Å². The predicted molar refractivity (Wildman–Crippen MR) is 306 cm³/mol. The van der Waals surface area contributed by atoms with Gasteiger partial charge in [0.05, 0.1) is 18.2 Å². The van der Waals surface area contributed by atoms with Gasteiger partial charge in [0.1, 0.15) is 67.1 Å². The fourth-order valence-corrected chi connectivity index (χ4v) is 8.16. The third-order valence-electron chi connectivity index (χ3n) is 13.5. The second kappa shape index (κ2) is 47.4. The number of allylic oxidation sites excluding steroid dienone is 4. The summed E-state index contributed by atoms with van der Waals surface area (Å²) in [5, 5.41) is 111. The van der Waals surface area contributed by atoms with Gasteiger partial charge in [0.25, 0.3) is 0 Å². The average molecular weight is 1560 g/mol. The quantitative estimate of drug-likeness (QED) is 0.0362. The molecule has 32 nitrogen and oxygen atoms in total. The molecule has 0 aromatic heterocycles. The normalized spacial score (nSPS) is 28.8. The number of amides is 1. The van der Waals surface area contributed by atoms with Gasteiger partial charge in [0, 0.05) is 38.1 Å².